The fraction of sp³-hybridized carbons (Fsp3) is 0.692. The third-order valence-corrected chi connectivity index (χ3v) is 2.31. The number of nitrogens with one attached hydrogen (secondary N) is 1. The maximum Gasteiger partial charge on any atom is 0.136 e. The molecule has 0 unspecified atom stereocenters. The van der Waals surface area contributed by atoms with Crippen molar-refractivity contribution in [2.45, 2.75) is 52.9 Å². The Bertz CT molecular complexity index is 315. The number of rotatable bonds is 4. The number of hydrogen-bond acceptors (Lipinski definition) is 3. The van der Waals surface area contributed by atoms with E-state index in [9.17, 15) is 0 Å². The Hall–Kier alpha value is -1.12. The Morgan fingerprint density at radius 3 is 2.38 bits per heavy atom. The lowest BCUT2D eigenvalue weighted by molar-refractivity contribution is 0.541. The zero-order valence-electron chi connectivity index (χ0n) is 11.1. The summed E-state index contributed by atoms with van der Waals surface area (Å²) in [6.07, 6.45) is 2.14. The highest BCUT2D eigenvalue weighted by atomic mass is 15.0. The van der Waals surface area contributed by atoms with Crippen LogP contribution in [0.25, 0.3) is 0 Å². The van der Waals surface area contributed by atoms with Crippen molar-refractivity contribution in [3.8, 4) is 0 Å². The number of hydrogen-bond donors (Lipinski definition) is 1. The van der Waals surface area contributed by atoms with E-state index >= 15 is 0 Å². The molecule has 0 spiro atoms. The molecule has 0 saturated carbocycles. The third kappa shape index (κ3) is 3.47. The lowest BCUT2D eigenvalue weighted by Gasteiger charge is -2.18. The normalized spacial score (nSPS) is 11.6. The summed E-state index contributed by atoms with van der Waals surface area (Å²) in [5.74, 6) is 1.88. The number of nitrogens with zero attached hydrogens (tertiary/aromatic N) is 2. The Morgan fingerprint density at radius 2 is 1.88 bits per heavy atom. The molecule has 1 rings (SSSR count). The van der Waals surface area contributed by atoms with Crippen LogP contribution < -0.4 is 5.32 Å². The average Bonchev–Trinajstić information content (AvgIpc) is 2.17. The van der Waals surface area contributed by atoms with Crippen molar-refractivity contribution >= 4 is 5.82 Å². The van der Waals surface area contributed by atoms with Crippen LogP contribution in [0.5, 0.6) is 0 Å². The van der Waals surface area contributed by atoms with E-state index in [-0.39, 0.29) is 5.41 Å². The maximum absolute atomic E-state index is 4.63. The molecule has 0 aliphatic carbocycles. The third-order valence-electron chi connectivity index (χ3n) is 2.31. The smallest absolute Gasteiger partial charge is 0.136 e. The summed E-state index contributed by atoms with van der Waals surface area (Å²) in [6, 6.07) is 2.06. The summed E-state index contributed by atoms with van der Waals surface area (Å²) >= 11 is 0. The molecule has 1 heterocycles. The van der Waals surface area contributed by atoms with Crippen LogP contribution in [0.4, 0.5) is 5.82 Å². The molecule has 0 aliphatic heterocycles. The second-order valence-electron chi connectivity index (χ2n) is 5.10. The van der Waals surface area contributed by atoms with Crippen LogP contribution in [0, 0.1) is 0 Å². The number of aryl methyl sites for hydroxylation is 1. The standard InChI is InChI=1S/C13H23N3/c1-6-8-10-9-11(14-7-2)16-12(15-10)13(3,4)5/h9H,6-8H2,1-5H3,(H,14,15,16). The summed E-state index contributed by atoms with van der Waals surface area (Å²) in [7, 11) is 0. The van der Waals surface area contributed by atoms with Crippen LogP contribution in [-0.2, 0) is 11.8 Å². The first-order valence-electron chi connectivity index (χ1n) is 6.09. The van der Waals surface area contributed by atoms with E-state index in [2.05, 4.69) is 56.0 Å². The highest BCUT2D eigenvalue weighted by molar-refractivity contribution is 5.36. The van der Waals surface area contributed by atoms with Crippen LogP contribution >= 0.6 is 0 Å². The highest BCUT2D eigenvalue weighted by Gasteiger charge is 2.18. The van der Waals surface area contributed by atoms with Crippen LogP contribution in [0.2, 0.25) is 0 Å². The monoisotopic (exact) mass is 221 g/mol. The zero-order chi connectivity index (χ0) is 12.2. The molecule has 1 aromatic rings. The second kappa shape index (κ2) is 5.28. The van der Waals surface area contributed by atoms with Gasteiger partial charge in [0.2, 0.25) is 0 Å². The minimum Gasteiger partial charge on any atom is -0.370 e. The highest BCUT2D eigenvalue weighted by Crippen LogP contribution is 2.20. The maximum atomic E-state index is 4.63. The minimum absolute atomic E-state index is 0.00786. The topological polar surface area (TPSA) is 37.8 Å². The van der Waals surface area contributed by atoms with Gasteiger partial charge < -0.3 is 5.32 Å². The van der Waals surface area contributed by atoms with Gasteiger partial charge in [-0.15, -0.1) is 0 Å². The van der Waals surface area contributed by atoms with Crippen molar-refractivity contribution < 1.29 is 0 Å². The fourth-order valence-corrected chi connectivity index (χ4v) is 1.49. The minimum atomic E-state index is 0.00786. The van der Waals surface area contributed by atoms with Crippen LogP contribution in [0.15, 0.2) is 6.07 Å². The van der Waals surface area contributed by atoms with Crippen molar-refractivity contribution in [3.63, 3.8) is 0 Å². The summed E-state index contributed by atoms with van der Waals surface area (Å²) in [4.78, 5) is 9.18. The molecular formula is C13H23N3. The zero-order valence-corrected chi connectivity index (χ0v) is 11.1. The van der Waals surface area contributed by atoms with Gasteiger partial charge in [0.1, 0.15) is 11.6 Å². The van der Waals surface area contributed by atoms with E-state index in [0.717, 1.165) is 36.7 Å². The molecule has 1 aromatic heterocycles. The first-order chi connectivity index (χ1) is 7.47. The lowest BCUT2D eigenvalue weighted by Crippen LogP contribution is -2.18. The largest absolute Gasteiger partial charge is 0.370 e. The Morgan fingerprint density at radius 1 is 1.19 bits per heavy atom. The van der Waals surface area contributed by atoms with Gasteiger partial charge in [-0.1, -0.05) is 34.1 Å². The Labute approximate surface area is 98.7 Å². The van der Waals surface area contributed by atoms with E-state index < -0.39 is 0 Å². The summed E-state index contributed by atoms with van der Waals surface area (Å²) in [5, 5.41) is 3.27. The van der Waals surface area contributed by atoms with Gasteiger partial charge in [0.05, 0.1) is 0 Å². The van der Waals surface area contributed by atoms with E-state index in [1.165, 1.54) is 0 Å². The molecule has 0 aromatic carbocycles. The second-order valence-corrected chi connectivity index (χ2v) is 5.10. The SMILES string of the molecule is CCCc1cc(NCC)nc(C(C)(C)C)n1. The van der Waals surface area contributed by atoms with Crippen molar-refractivity contribution in [1.82, 2.24) is 9.97 Å². The van der Waals surface area contributed by atoms with Gasteiger partial charge in [0.25, 0.3) is 0 Å². The van der Waals surface area contributed by atoms with Crippen molar-refractivity contribution in [1.29, 1.82) is 0 Å². The molecule has 0 bridgehead atoms. The molecule has 1 N–H and O–H groups in total. The van der Waals surface area contributed by atoms with Gasteiger partial charge in [0, 0.05) is 23.7 Å². The predicted octanol–water partition coefficient (Wildman–Crippen LogP) is 3.16. The van der Waals surface area contributed by atoms with E-state index in [4.69, 9.17) is 0 Å². The summed E-state index contributed by atoms with van der Waals surface area (Å²) in [5.41, 5.74) is 1.15. The van der Waals surface area contributed by atoms with Crippen LogP contribution in [0.3, 0.4) is 0 Å². The first kappa shape index (κ1) is 12.9. The van der Waals surface area contributed by atoms with Crippen molar-refractivity contribution in [2.75, 3.05) is 11.9 Å². The molecule has 3 nitrogen and oxygen atoms in total. The van der Waals surface area contributed by atoms with Gasteiger partial charge in [-0.3, -0.25) is 0 Å². The summed E-state index contributed by atoms with van der Waals surface area (Å²) in [6.45, 7) is 11.6. The molecule has 0 amide bonds. The van der Waals surface area contributed by atoms with Crippen molar-refractivity contribution in [3.05, 3.63) is 17.6 Å². The number of anilines is 1. The first-order valence-corrected chi connectivity index (χ1v) is 6.09. The lowest BCUT2D eigenvalue weighted by atomic mass is 9.95. The molecule has 3 heteroatoms. The molecule has 0 fully saturated rings. The molecule has 90 valence electrons. The van der Waals surface area contributed by atoms with Gasteiger partial charge in [-0.25, -0.2) is 9.97 Å². The molecule has 0 saturated heterocycles. The van der Waals surface area contributed by atoms with Gasteiger partial charge in [-0.2, -0.15) is 0 Å². The Kier molecular flexibility index (Phi) is 4.27. The summed E-state index contributed by atoms with van der Waals surface area (Å²) < 4.78 is 0. The molecule has 0 radical (unpaired) electrons. The molecular weight excluding hydrogens is 198 g/mol. The Balaban J connectivity index is 3.08. The molecule has 16 heavy (non-hydrogen) atoms. The average molecular weight is 221 g/mol. The van der Waals surface area contributed by atoms with Gasteiger partial charge in [0.15, 0.2) is 0 Å². The van der Waals surface area contributed by atoms with E-state index in [1.54, 1.807) is 0 Å². The van der Waals surface area contributed by atoms with E-state index in [1.807, 2.05) is 0 Å². The fourth-order valence-electron chi connectivity index (χ4n) is 1.49. The van der Waals surface area contributed by atoms with Crippen LogP contribution in [-0.4, -0.2) is 16.5 Å². The number of aromatic nitrogens is 2. The predicted molar refractivity (Wildman–Crippen MR) is 68.9 cm³/mol. The van der Waals surface area contributed by atoms with Crippen molar-refractivity contribution in [2.24, 2.45) is 0 Å². The van der Waals surface area contributed by atoms with Gasteiger partial charge >= 0.3 is 0 Å². The van der Waals surface area contributed by atoms with E-state index in [0.29, 0.717) is 0 Å². The quantitative estimate of drug-likeness (QED) is 0.848. The molecule has 0 aliphatic rings. The van der Waals surface area contributed by atoms with Crippen LogP contribution in [0.1, 0.15) is 52.6 Å². The van der Waals surface area contributed by atoms with Gasteiger partial charge in [-0.05, 0) is 13.3 Å². The molecule has 0 atom stereocenters.